The number of esters is 1. The van der Waals surface area contributed by atoms with Crippen LogP contribution in [-0.2, 0) is 55.5 Å². The summed E-state index contributed by atoms with van der Waals surface area (Å²) in [5, 5.41) is 5.57. The van der Waals surface area contributed by atoms with E-state index in [-0.39, 0.29) is 19.0 Å². The Labute approximate surface area is 268 Å². The minimum Gasteiger partial charge on any atom is -0.493 e. The average Bonchev–Trinajstić information content (AvgIpc) is 3.51. The van der Waals surface area contributed by atoms with E-state index in [1.54, 1.807) is 4.68 Å². The number of ether oxygens (including phenoxy) is 3. The van der Waals surface area contributed by atoms with E-state index in [1.807, 2.05) is 55.8 Å². The minimum atomic E-state index is -0.412. The van der Waals surface area contributed by atoms with Crippen LogP contribution in [0.2, 0.25) is 0 Å². The van der Waals surface area contributed by atoms with Gasteiger partial charge in [-0.15, -0.1) is 0 Å². The Hall–Kier alpha value is -4.43. The molecule has 2 aliphatic rings. The van der Waals surface area contributed by atoms with E-state index in [2.05, 4.69) is 18.2 Å². The minimum absolute atomic E-state index is 0.236. The summed E-state index contributed by atoms with van der Waals surface area (Å²) in [7, 11) is 1.86. The lowest BCUT2D eigenvalue weighted by atomic mass is 9.91. The molecule has 7 nitrogen and oxygen atoms in total. The number of nitrogens with zero attached hydrogens (tertiary/aromatic N) is 3. The molecule has 0 N–H and O–H groups in total. The Morgan fingerprint density at radius 1 is 0.978 bits per heavy atom. The molecule has 0 amide bonds. The van der Waals surface area contributed by atoms with Gasteiger partial charge in [-0.1, -0.05) is 36.4 Å². The fourth-order valence-electron chi connectivity index (χ4n) is 7.27. The molecule has 0 radical (unpaired) electrons. The second-order valence-corrected chi connectivity index (χ2v) is 12.3. The van der Waals surface area contributed by atoms with Crippen molar-refractivity contribution in [1.29, 1.82) is 0 Å². The maximum atomic E-state index is 16.2. The van der Waals surface area contributed by atoms with Crippen molar-refractivity contribution in [2.45, 2.75) is 72.1 Å². The van der Waals surface area contributed by atoms with Gasteiger partial charge in [-0.3, -0.25) is 4.68 Å². The van der Waals surface area contributed by atoms with E-state index in [0.717, 1.165) is 46.4 Å². The SMILES string of the molecule is CCOC(=O)c1c(CCCOc2cccc3c2CCCC3)c2ccc(F)c3c2n1Cc1ccccc1COCc1nn(C)c(C)c1-3. The maximum Gasteiger partial charge on any atom is 0.355 e. The van der Waals surface area contributed by atoms with Gasteiger partial charge in [0.2, 0.25) is 0 Å². The Balaban J connectivity index is 1.37. The normalized spacial score (nSPS) is 14.3. The van der Waals surface area contributed by atoms with Crippen LogP contribution < -0.4 is 4.74 Å². The van der Waals surface area contributed by atoms with Crippen LogP contribution in [0.5, 0.6) is 5.75 Å². The van der Waals surface area contributed by atoms with Crippen molar-refractivity contribution in [1.82, 2.24) is 14.3 Å². The maximum absolute atomic E-state index is 16.2. The number of rotatable bonds is 7. The van der Waals surface area contributed by atoms with Gasteiger partial charge in [0, 0.05) is 35.8 Å². The summed E-state index contributed by atoms with van der Waals surface area (Å²) in [6, 6.07) is 17.7. The smallest absolute Gasteiger partial charge is 0.355 e. The van der Waals surface area contributed by atoms with E-state index in [4.69, 9.17) is 19.3 Å². The molecule has 1 aliphatic carbocycles. The van der Waals surface area contributed by atoms with Crippen LogP contribution in [0.25, 0.3) is 22.0 Å². The standard InChI is InChI=1S/C38H40FN3O4/c1-4-45-38(43)37-29(16-10-20-46-33-17-9-14-25-11-7-8-15-28(25)33)30-18-19-31(39)35-34-24(2)41(3)40-32(34)23-44-22-27-13-6-5-12-26(27)21-42(37)36(30)35/h5-6,9,12-14,17-19H,4,7-8,10-11,15-16,20-23H2,1-3H3. The molecule has 0 bridgehead atoms. The third kappa shape index (κ3) is 5.38. The number of carbonyl (C=O) groups excluding carboxylic acids is 1. The van der Waals surface area contributed by atoms with Crippen molar-refractivity contribution in [3.63, 3.8) is 0 Å². The highest BCUT2D eigenvalue weighted by Gasteiger charge is 2.30. The number of halogens is 1. The molecule has 1 aliphatic heterocycles. The quantitative estimate of drug-likeness (QED) is 0.138. The van der Waals surface area contributed by atoms with Crippen LogP contribution in [0.4, 0.5) is 4.39 Å². The van der Waals surface area contributed by atoms with Gasteiger partial charge in [0.25, 0.3) is 0 Å². The zero-order chi connectivity index (χ0) is 31.8. The fraction of sp³-hybridized carbons (Fsp3) is 0.368. The third-order valence-electron chi connectivity index (χ3n) is 9.53. The van der Waals surface area contributed by atoms with Crippen LogP contribution in [0.15, 0.2) is 54.6 Å². The van der Waals surface area contributed by atoms with Crippen LogP contribution in [-0.4, -0.2) is 33.5 Å². The summed E-state index contributed by atoms with van der Waals surface area (Å²) < 4.78 is 38.2. The lowest BCUT2D eigenvalue weighted by Crippen LogP contribution is -2.16. The Morgan fingerprint density at radius 3 is 2.63 bits per heavy atom. The molecule has 5 aromatic rings. The largest absolute Gasteiger partial charge is 0.493 e. The van der Waals surface area contributed by atoms with Gasteiger partial charge in [-0.05, 0) is 98.4 Å². The summed E-state index contributed by atoms with van der Waals surface area (Å²) in [5.41, 5.74) is 9.32. The molecule has 0 unspecified atom stereocenters. The molecular weight excluding hydrogens is 581 g/mol. The zero-order valence-corrected chi connectivity index (χ0v) is 26.8. The molecule has 3 aromatic carbocycles. The number of aryl methyl sites for hydroxylation is 3. The van der Waals surface area contributed by atoms with E-state index in [9.17, 15) is 4.79 Å². The van der Waals surface area contributed by atoms with Gasteiger partial charge >= 0.3 is 5.97 Å². The van der Waals surface area contributed by atoms with Crippen molar-refractivity contribution in [3.05, 3.63) is 105 Å². The van der Waals surface area contributed by atoms with Crippen LogP contribution >= 0.6 is 0 Å². The van der Waals surface area contributed by atoms with Crippen LogP contribution in [0.3, 0.4) is 0 Å². The van der Waals surface area contributed by atoms with Gasteiger partial charge in [0.1, 0.15) is 17.3 Å². The first-order valence-corrected chi connectivity index (χ1v) is 16.4. The molecule has 3 heterocycles. The first-order valence-electron chi connectivity index (χ1n) is 16.4. The number of fused-ring (bicyclic) bond motifs is 4. The number of hydrogen-bond donors (Lipinski definition) is 0. The average molecular weight is 622 g/mol. The molecule has 0 atom stereocenters. The summed E-state index contributed by atoms with van der Waals surface area (Å²) >= 11 is 0. The first-order chi connectivity index (χ1) is 22.5. The Kier molecular flexibility index (Phi) is 8.38. The zero-order valence-electron chi connectivity index (χ0n) is 26.8. The van der Waals surface area contributed by atoms with Gasteiger partial charge in [0.05, 0.1) is 37.6 Å². The summed E-state index contributed by atoms with van der Waals surface area (Å²) in [5.74, 6) is 0.183. The van der Waals surface area contributed by atoms with E-state index in [1.165, 1.54) is 30.0 Å². The van der Waals surface area contributed by atoms with Crippen molar-refractivity contribution in [3.8, 4) is 16.9 Å². The van der Waals surface area contributed by atoms with Crippen molar-refractivity contribution < 1.29 is 23.4 Å². The lowest BCUT2D eigenvalue weighted by Gasteiger charge is -2.19. The predicted molar refractivity (Wildman–Crippen MR) is 176 cm³/mol. The molecule has 0 spiro atoms. The highest BCUT2D eigenvalue weighted by molar-refractivity contribution is 6.05. The summed E-state index contributed by atoms with van der Waals surface area (Å²) in [6.45, 7) is 5.46. The highest BCUT2D eigenvalue weighted by Crippen LogP contribution is 2.41. The predicted octanol–water partition coefficient (Wildman–Crippen LogP) is 7.63. The van der Waals surface area contributed by atoms with E-state index >= 15 is 4.39 Å². The number of aromatic nitrogens is 3. The second kappa shape index (κ2) is 12.8. The van der Waals surface area contributed by atoms with Crippen molar-refractivity contribution in [2.75, 3.05) is 13.2 Å². The molecule has 7 rings (SSSR count). The van der Waals surface area contributed by atoms with Crippen molar-refractivity contribution >= 4 is 16.9 Å². The van der Waals surface area contributed by atoms with Gasteiger partial charge in [0.15, 0.2) is 0 Å². The third-order valence-corrected chi connectivity index (χ3v) is 9.53. The second-order valence-electron chi connectivity index (χ2n) is 12.3. The number of benzene rings is 3. The molecule has 46 heavy (non-hydrogen) atoms. The Bertz CT molecular complexity index is 1940. The number of carbonyl (C=O) groups is 1. The van der Waals surface area contributed by atoms with Crippen LogP contribution in [0.1, 0.15) is 75.9 Å². The number of hydrogen-bond acceptors (Lipinski definition) is 5. The molecule has 0 fully saturated rings. The molecule has 2 aromatic heterocycles. The van der Waals surface area contributed by atoms with E-state index < -0.39 is 5.97 Å². The van der Waals surface area contributed by atoms with Gasteiger partial charge in [-0.2, -0.15) is 5.10 Å². The van der Waals surface area contributed by atoms with E-state index in [0.29, 0.717) is 60.6 Å². The fourth-order valence-corrected chi connectivity index (χ4v) is 7.27. The monoisotopic (exact) mass is 621 g/mol. The first kappa shape index (κ1) is 30.2. The molecule has 238 valence electrons. The highest BCUT2D eigenvalue weighted by atomic mass is 19.1. The van der Waals surface area contributed by atoms with Crippen LogP contribution in [0, 0.1) is 12.7 Å². The molecule has 8 heteroatoms. The summed E-state index contributed by atoms with van der Waals surface area (Å²) in [6.07, 6.45) is 5.80. The molecular formula is C38H40FN3O4. The molecule has 0 saturated heterocycles. The van der Waals surface area contributed by atoms with Crippen molar-refractivity contribution in [2.24, 2.45) is 7.05 Å². The summed E-state index contributed by atoms with van der Waals surface area (Å²) in [4.78, 5) is 13.9. The van der Waals surface area contributed by atoms with Gasteiger partial charge in [-0.25, -0.2) is 9.18 Å². The lowest BCUT2D eigenvalue weighted by molar-refractivity contribution is 0.0513. The van der Waals surface area contributed by atoms with Gasteiger partial charge < -0.3 is 18.8 Å². The topological polar surface area (TPSA) is 67.5 Å². The molecule has 0 saturated carbocycles. The Morgan fingerprint density at radius 2 is 1.78 bits per heavy atom.